The minimum Gasteiger partial charge on any atom is -0.462 e. The molecular formula is C27H31N3O8. The predicted octanol–water partition coefficient (Wildman–Crippen LogP) is 4.04. The quantitative estimate of drug-likeness (QED) is 0.140. The Morgan fingerprint density at radius 1 is 0.895 bits per heavy atom. The summed E-state index contributed by atoms with van der Waals surface area (Å²) in [4.78, 5) is 39.6. The van der Waals surface area contributed by atoms with Crippen LogP contribution in [-0.4, -0.2) is 54.5 Å². The fraction of sp³-hybridized carbons (Fsp3) is 0.444. The van der Waals surface area contributed by atoms with Crippen molar-refractivity contribution >= 4 is 17.9 Å². The lowest BCUT2D eigenvalue weighted by Crippen LogP contribution is -2.67. The lowest BCUT2D eigenvalue weighted by Gasteiger charge is -2.50. The third kappa shape index (κ3) is 7.79. The van der Waals surface area contributed by atoms with Crippen LogP contribution in [-0.2, 0) is 51.3 Å². The average Bonchev–Trinajstić information content (AvgIpc) is 2.86. The normalized spacial score (nSPS) is 24.5. The van der Waals surface area contributed by atoms with Gasteiger partial charge >= 0.3 is 17.9 Å². The maximum atomic E-state index is 12.4. The van der Waals surface area contributed by atoms with Crippen molar-refractivity contribution < 1.29 is 38.1 Å². The molecule has 38 heavy (non-hydrogen) atoms. The molecule has 0 saturated heterocycles. The third-order valence-electron chi connectivity index (χ3n) is 5.97. The van der Waals surface area contributed by atoms with Gasteiger partial charge in [0, 0.05) is 32.1 Å². The Morgan fingerprint density at radius 2 is 1.47 bits per heavy atom. The largest absolute Gasteiger partial charge is 0.462 e. The molecule has 11 heteroatoms. The van der Waals surface area contributed by atoms with Crippen LogP contribution in [0.5, 0.6) is 0 Å². The Kier molecular flexibility index (Phi) is 10.2. The van der Waals surface area contributed by atoms with Crippen molar-refractivity contribution in [3.8, 4) is 0 Å². The number of hydrogen-bond acceptors (Lipinski definition) is 9. The van der Waals surface area contributed by atoms with Crippen molar-refractivity contribution in [1.82, 2.24) is 0 Å². The highest BCUT2D eigenvalue weighted by atomic mass is 16.6. The van der Waals surface area contributed by atoms with Crippen LogP contribution in [0.3, 0.4) is 0 Å². The number of azide groups is 1. The number of ether oxygens (including phenoxy) is 5. The summed E-state index contributed by atoms with van der Waals surface area (Å²) in [6.07, 6.45) is -3.61. The summed E-state index contributed by atoms with van der Waals surface area (Å²) < 4.78 is 29.2. The highest BCUT2D eigenvalue weighted by Crippen LogP contribution is 2.40. The Morgan fingerprint density at radius 3 is 2.00 bits per heavy atom. The summed E-state index contributed by atoms with van der Waals surface area (Å²) in [5.41, 5.74) is 9.37. The van der Waals surface area contributed by atoms with Crippen LogP contribution in [0.15, 0.2) is 65.8 Å². The summed E-state index contributed by atoms with van der Waals surface area (Å²) in [5, 5.41) is 3.85. The summed E-state index contributed by atoms with van der Waals surface area (Å²) >= 11 is 0. The molecule has 3 rings (SSSR count). The molecule has 0 bridgehead atoms. The highest BCUT2D eigenvalue weighted by Gasteiger charge is 2.59. The second-order valence-corrected chi connectivity index (χ2v) is 8.98. The lowest BCUT2D eigenvalue weighted by atomic mass is 9.75. The molecule has 11 nitrogen and oxygen atoms in total. The molecule has 5 atom stereocenters. The van der Waals surface area contributed by atoms with E-state index < -0.39 is 47.9 Å². The number of rotatable bonds is 11. The van der Waals surface area contributed by atoms with Gasteiger partial charge in [-0.25, -0.2) is 0 Å². The molecule has 202 valence electrons. The highest BCUT2D eigenvalue weighted by molar-refractivity contribution is 5.68. The zero-order valence-corrected chi connectivity index (χ0v) is 21.5. The monoisotopic (exact) mass is 525 g/mol. The van der Waals surface area contributed by atoms with E-state index in [0.29, 0.717) is 0 Å². The van der Waals surface area contributed by atoms with E-state index in [2.05, 4.69) is 10.0 Å². The number of nitrogens with zero attached hydrogens (tertiary/aromatic N) is 3. The summed E-state index contributed by atoms with van der Waals surface area (Å²) in [6, 6.07) is 17.4. The molecule has 0 spiro atoms. The van der Waals surface area contributed by atoms with Crippen LogP contribution in [0, 0.1) is 0 Å². The Hall–Kier alpha value is -3.92. The zero-order chi connectivity index (χ0) is 27.5. The van der Waals surface area contributed by atoms with Gasteiger partial charge in [0.05, 0.1) is 19.8 Å². The van der Waals surface area contributed by atoms with E-state index in [1.165, 1.54) is 20.8 Å². The van der Waals surface area contributed by atoms with Crippen LogP contribution in [0.25, 0.3) is 10.4 Å². The van der Waals surface area contributed by atoms with Gasteiger partial charge in [0.1, 0.15) is 18.2 Å². The first kappa shape index (κ1) is 28.6. The van der Waals surface area contributed by atoms with Gasteiger partial charge in [0.15, 0.2) is 11.7 Å². The van der Waals surface area contributed by atoms with Gasteiger partial charge in [-0.15, -0.1) is 0 Å². The van der Waals surface area contributed by atoms with E-state index in [1.54, 1.807) is 0 Å². The van der Waals surface area contributed by atoms with Gasteiger partial charge in [-0.05, 0) is 16.7 Å². The Labute approximate surface area is 220 Å². The minimum absolute atomic E-state index is 0.0501. The van der Waals surface area contributed by atoms with Gasteiger partial charge < -0.3 is 23.7 Å². The molecule has 1 fully saturated rings. The summed E-state index contributed by atoms with van der Waals surface area (Å²) in [7, 11) is 0. The Balaban J connectivity index is 2.04. The number of carbonyl (C=O) groups is 3. The van der Waals surface area contributed by atoms with Crippen LogP contribution in [0.4, 0.5) is 0 Å². The second-order valence-electron chi connectivity index (χ2n) is 8.98. The fourth-order valence-corrected chi connectivity index (χ4v) is 4.57. The first-order valence-corrected chi connectivity index (χ1v) is 12.1. The van der Waals surface area contributed by atoms with Crippen molar-refractivity contribution in [2.24, 2.45) is 5.11 Å². The lowest BCUT2D eigenvalue weighted by molar-refractivity contribution is -0.245. The third-order valence-corrected chi connectivity index (χ3v) is 5.97. The van der Waals surface area contributed by atoms with E-state index in [0.717, 1.165) is 11.1 Å². The second kappa shape index (κ2) is 13.6. The van der Waals surface area contributed by atoms with Crippen LogP contribution in [0.1, 0.15) is 38.3 Å². The first-order valence-electron chi connectivity index (χ1n) is 12.1. The van der Waals surface area contributed by atoms with Gasteiger partial charge in [-0.3, -0.25) is 14.4 Å². The molecule has 0 heterocycles. The molecule has 1 saturated carbocycles. The number of esters is 3. The average molecular weight is 526 g/mol. The maximum Gasteiger partial charge on any atom is 0.303 e. The topological polar surface area (TPSA) is 146 Å². The summed E-state index contributed by atoms with van der Waals surface area (Å²) in [6.45, 7) is 3.64. The number of carbonyl (C=O) groups excluding carboxylic acids is 3. The molecule has 1 aliphatic carbocycles. The SMILES string of the molecule is CC(=O)O[C@@H]1C[C@@](COCc2ccccc2)(OC(C)=O)[C@@H](OC(C)=O)[C@H](OCc2ccccc2)[C@H]1N=[N+]=[N-]. The zero-order valence-electron chi connectivity index (χ0n) is 21.5. The fourth-order valence-electron chi connectivity index (χ4n) is 4.57. The van der Waals surface area contributed by atoms with Gasteiger partial charge in [-0.1, -0.05) is 65.8 Å². The smallest absolute Gasteiger partial charge is 0.303 e. The Bertz CT molecular complexity index is 1140. The standard InChI is InChI=1S/C27H31N3O8/c1-18(31)36-23-14-27(38-20(3)33,17-34-15-21-10-6-4-7-11-21)26(37-19(2)32)25(24(23)29-30-28)35-16-22-12-8-5-9-13-22/h4-13,23-26H,14-17H2,1-3H3/t23-,24+,25-,26+,27+/m1/s1. The van der Waals surface area contributed by atoms with Crippen LogP contribution >= 0.6 is 0 Å². The van der Waals surface area contributed by atoms with Gasteiger partial charge in [-0.2, -0.15) is 0 Å². The minimum atomic E-state index is -1.62. The van der Waals surface area contributed by atoms with Gasteiger partial charge in [0.25, 0.3) is 0 Å². The van der Waals surface area contributed by atoms with E-state index in [-0.39, 0.29) is 26.2 Å². The molecular weight excluding hydrogens is 494 g/mol. The van der Waals surface area contributed by atoms with E-state index in [4.69, 9.17) is 23.7 Å². The summed E-state index contributed by atoms with van der Waals surface area (Å²) in [5.74, 6) is -1.98. The van der Waals surface area contributed by atoms with Crippen molar-refractivity contribution in [2.45, 2.75) is 70.4 Å². The van der Waals surface area contributed by atoms with E-state index in [1.807, 2.05) is 60.7 Å². The molecule has 0 aromatic heterocycles. The molecule has 0 unspecified atom stereocenters. The maximum absolute atomic E-state index is 12.4. The van der Waals surface area contributed by atoms with Crippen molar-refractivity contribution in [3.05, 3.63) is 82.2 Å². The molecule has 1 aliphatic rings. The molecule has 0 aliphatic heterocycles. The van der Waals surface area contributed by atoms with Crippen molar-refractivity contribution in [1.29, 1.82) is 0 Å². The van der Waals surface area contributed by atoms with E-state index in [9.17, 15) is 19.9 Å². The van der Waals surface area contributed by atoms with Crippen molar-refractivity contribution in [3.63, 3.8) is 0 Å². The van der Waals surface area contributed by atoms with Crippen LogP contribution in [0.2, 0.25) is 0 Å². The number of benzene rings is 2. The molecule has 0 radical (unpaired) electrons. The molecule has 2 aromatic rings. The molecule has 2 aromatic carbocycles. The van der Waals surface area contributed by atoms with Crippen LogP contribution < -0.4 is 0 Å². The van der Waals surface area contributed by atoms with Gasteiger partial charge in [0.2, 0.25) is 0 Å². The molecule has 0 N–H and O–H groups in total. The number of hydrogen-bond donors (Lipinski definition) is 0. The molecule has 0 amide bonds. The van der Waals surface area contributed by atoms with E-state index >= 15 is 0 Å². The van der Waals surface area contributed by atoms with Crippen molar-refractivity contribution in [2.75, 3.05) is 6.61 Å². The predicted molar refractivity (Wildman–Crippen MR) is 134 cm³/mol. The first-order chi connectivity index (χ1) is 18.2.